The average Bonchev–Trinajstić information content (AvgIpc) is 2.67. The van der Waals surface area contributed by atoms with Crippen molar-refractivity contribution in [3.8, 4) is 5.75 Å². The van der Waals surface area contributed by atoms with Crippen LogP contribution in [0.4, 0.5) is 0 Å². The van der Waals surface area contributed by atoms with E-state index < -0.39 is 0 Å². The predicted octanol–water partition coefficient (Wildman–Crippen LogP) is 7.11. The summed E-state index contributed by atoms with van der Waals surface area (Å²) >= 11 is 21.5. The Balaban J connectivity index is 1.55. The van der Waals surface area contributed by atoms with Crippen molar-refractivity contribution in [2.45, 2.75) is 13.2 Å². The van der Waals surface area contributed by atoms with E-state index in [4.69, 9.17) is 39.5 Å². The highest BCUT2D eigenvalue weighted by molar-refractivity contribution is 9.10. The average molecular weight is 499 g/mol. The molecule has 0 radical (unpaired) electrons. The van der Waals surface area contributed by atoms with Crippen molar-refractivity contribution in [1.29, 1.82) is 0 Å². The van der Waals surface area contributed by atoms with Crippen LogP contribution in [0.3, 0.4) is 0 Å². The van der Waals surface area contributed by atoms with E-state index in [1.807, 2.05) is 48.5 Å². The van der Waals surface area contributed by atoms with E-state index in [0.717, 1.165) is 31.9 Å². The lowest BCUT2D eigenvalue weighted by Crippen LogP contribution is -2.05. The quantitative estimate of drug-likeness (QED) is 0.278. The minimum absolute atomic E-state index is 0.352. The lowest BCUT2D eigenvalue weighted by Gasteiger charge is -2.10. The van der Waals surface area contributed by atoms with Gasteiger partial charge in [0.25, 0.3) is 0 Å². The number of hydrogen-bond donors (Lipinski definition) is 1. The second-order valence-electron chi connectivity index (χ2n) is 5.93. The van der Waals surface area contributed by atoms with Crippen molar-refractivity contribution in [3.05, 3.63) is 96.9 Å². The molecule has 1 N–H and O–H groups in total. The summed E-state index contributed by atoms with van der Waals surface area (Å²) in [5.74, 6) is 0.720. The smallest absolute Gasteiger partial charge is 0.134 e. The Labute approximate surface area is 187 Å². The van der Waals surface area contributed by atoms with Gasteiger partial charge in [0.15, 0.2) is 0 Å². The molecule has 3 rings (SSSR count). The molecule has 0 aliphatic rings. The van der Waals surface area contributed by atoms with Crippen LogP contribution in [0.5, 0.6) is 5.75 Å². The van der Waals surface area contributed by atoms with Gasteiger partial charge in [0, 0.05) is 20.6 Å². The highest BCUT2D eigenvalue weighted by Crippen LogP contribution is 2.28. The van der Waals surface area contributed by atoms with Gasteiger partial charge >= 0.3 is 0 Å². The number of ether oxygens (including phenoxy) is 1. The Morgan fingerprint density at radius 2 is 1.68 bits per heavy atom. The van der Waals surface area contributed by atoms with Crippen molar-refractivity contribution in [2.75, 3.05) is 0 Å². The van der Waals surface area contributed by atoms with Crippen LogP contribution in [-0.2, 0) is 13.2 Å². The summed E-state index contributed by atoms with van der Waals surface area (Å²) < 4.78 is 6.68. The molecular weight excluding hydrogens is 483 g/mol. The molecule has 0 saturated carbocycles. The molecule has 0 heterocycles. The van der Waals surface area contributed by atoms with Gasteiger partial charge in [-0.1, -0.05) is 53.0 Å². The molecule has 3 aromatic rings. The first kappa shape index (κ1) is 21.0. The van der Waals surface area contributed by atoms with Crippen LogP contribution in [0, 0.1) is 0 Å². The topological polar surface area (TPSA) is 33.6 Å². The molecule has 0 unspecified atom stereocenters. The molecule has 0 amide bonds. The normalized spacial score (nSPS) is 11.0. The summed E-state index contributed by atoms with van der Waals surface area (Å²) in [6, 6.07) is 18.7. The van der Waals surface area contributed by atoms with Gasteiger partial charge in [0.1, 0.15) is 12.4 Å². The maximum Gasteiger partial charge on any atom is 0.134 e. The van der Waals surface area contributed by atoms with Gasteiger partial charge in [0.2, 0.25) is 0 Å². The minimum Gasteiger partial charge on any atom is -0.488 e. The fourth-order valence-corrected chi connectivity index (χ4v) is 3.47. The Morgan fingerprint density at radius 3 is 2.39 bits per heavy atom. The molecule has 144 valence electrons. The molecule has 0 bridgehead atoms. The summed E-state index contributed by atoms with van der Waals surface area (Å²) in [7, 11) is 0. The number of nitrogens with one attached hydrogen (secondary N) is 1. The van der Waals surface area contributed by atoms with E-state index in [1.54, 1.807) is 18.3 Å². The number of hydrogen-bond acceptors (Lipinski definition) is 3. The van der Waals surface area contributed by atoms with E-state index >= 15 is 0 Å². The zero-order valence-electron chi connectivity index (χ0n) is 14.6. The molecule has 0 aromatic heterocycles. The minimum atomic E-state index is 0.352. The lowest BCUT2D eigenvalue weighted by molar-refractivity contribution is 0.304. The molecule has 0 aliphatic carbocycles. The summed E-state index contributed by atoms with van der Waals surface area (Å²) in [5, 5.41) is 6.15. The highest BCUT2D eigenvalue weighted by Gasteiger charge is 2.06. The van der Waals surface area contributed by atoms with E-state index in [0.29, 0.717) is 23.2 Å². The molecule has 0 spiro atoms. The van der Waals surface area contributed by atoms with Gasteiger partial charge in [-0.3, -0.25) is 0 Å². The molecule has 3 aromatic carbocycles. The van der Waals surface area contributed by atoms with Crippen molar-refractivity contribution in [1.82, 2.24) is 5.43 Å². The van der Waals surface area contributed by atoms with E-state index in [-0.39, 0.29) is 0 Å². The van der Waals surface area contributed by atoms with Crippen LogP contribution < -0.4 is 10.2 Å². The SMILES string of the molecule is Clc1ccc(CN/N=C\c2ccc(OCc3ccc(Cl)cc3Cl)c(Br)c2)cc1. The van der Waals surface area contributed by atoms with Crippen LogP contribution in [0.15, 0.2) is 70.2 Å². The Morgan fingerprint density at radius 1 is 0.929 bits per heavy atom. The van der Waals surface area contributed by atoms with Gasteiger partial charge in [-0.15, -0.1) is 0 Å². The molecular formula is C21H16BrCl3N2O. The molecule has 28 heavy (non-hydrogen) atoms. The fraction of sp³-hybridized carbons (Fsp3) is 0.0952. The molecule has 7 heteroatoms. The van der Waals surface area contributed by atoms with Gasteiger partial charge in [-0.05, 0) is 69.5 Å². The summed E-state index contributed by atoms with van der Waals surface area (Å²) in [6.45, 7) is 0.975. The molecule has 0 saturated heterocycles. The first-order chi connectivity index (χ1) is 13.5. The third kappa shape index (κ3) is 6.14. The fourth-order valence-electron chi connectivity index (χ4n) is 2.37. The second kappa shape index (κ2) is 10.2. The van der Waals surface area contributed by atoms with Crippen molar-refractivity contribution >= 4 is 56.9 Å². The number of benzene rings is 3. The number of halogens is 4. The lowest BCUT2D eigenvalue weighted by atomic mass is 10.2. The van der Waals surface area contributed by atoms with Crippen LogP contribution in [0.2, 0.25) is 15.1 Å². The third-order valence-corrected chi connectivity index (χ3v) is 5.31. The Kier molecular flexibility index (Phi) is 7.63. The first-order valence-electron chi connectivity index (χ1n) is 8.38. The first-order valence-corrected chi connectivity index (χ1v) is 10.3. The third-order valence-electron chi connectivity index (χ3n) is 3.86. The van der Waals surface area contributed by atoms with Gasteiger partial charge in [0.05, 0.1) is 17.2 Å². The second-order valence-corrected chi connectivity index (χ2v) is 8.07. The van der Waals surface area contributed by atoms with E-state index in [9.17, 15) is 0 Å². The predicted molar refractivity (Wildman–Crippen MR) is 121 cm³/mol. The zero-order chi connectivity index (χ0) is 19.9. The van der Waals surface area contributed by atoms with Crippen LogP contribution in [0.1, 0.15) is 16.7 Å². The van der Waals surface area contributed by atoms with Gasteiger partial charge < -0.3 is 10.2 Å². The maximum atomic E-state index is 6.18. The molecule has 0 fully saturated rings. The maximum absolute atomic E-state index is 6.18. The largest absolute Gasteiger partial charge is 0.488 e. The van der Waals surface area contributed by atoms with E-state index in [1.165, 1.54) is 0 Å². The van der Waals surface area contributed by atoms with Crippen LogP contribution >= 0.6 is 50.7 Å². The van der Waals surface area contributed by atoms with E-state index in [2.05, 4.69) is 26.5 Å². The summed E-state index contributed by atoms with van der Waals surface area (Å²) in [5.41, 5.74) is 5.93. The molecule has 3 nitrogen and oxygen atoms in total. The van der Waals surface area contributed by atoms with Crippen LogP contribution in [0.25, 0.3) is 0 Å². The highest BCUT2D eigenvalue weighted by atomic mass is 79.9. The van der Waals surface area contributed by atoms with Crippen molar-refractivity contribution in [2.24, 2.45) is 5.10 Å². The summed E-state index contributed by atoms with van der Waals surface area (Å²) in [6.07, 6.45) is 1.75. The Bertz CT molecular complexity index is 978. The number of hydrazone groups is 1. The molecule has 0 atom stereocenters. The zero-order valence-corrected chi connectivity index (χ0v) is 18.5. The number of rotatable bonds is 7. The molecule has 0 aliphatic heterocycles. The monoisotopic (exact) mass is 496 g/mol. The van der Waals surface area contributed by atoms with Crippen molar-refractivity contribution < 1.29 is 4.74 Å². The van der Waals surface area contributed by atoms with Crippen LogP contribution in [-0.4, -0.2) is 6.21 Å². The Hall–Kier alpha value is -1.72. The number of nitrogens with zero attached hydrogens (tertiary/aromatic N) is 1. The standard InChI is InChI=1S/C21H16BrCl3N2O/c22-19-9-15(12-27-26-11-14-1-5-17(23)6-2-14)3-8-21(19)28-13-16-4-7-18(24)10-20(16)25/h1-10,12,26H,11,13H2/b27-12-. The summed E-state index contributed by atoms with van der Waals surface area (Å²) in [4.78, 5) is 0. The van der Waals surface area contributed by atoms with Gasteiger partial charge in [-0.2, -0.15) is 5.10 Å². The van der Waals surface area contributed by atoms with Gasteiger partial charge in [-0.25, -0.2) is 0 Å². The van der Waals surface area contributed by atoms with Crippen molar-refractivity contribution in [3.63, 3.8) is 0 Å².